The lowest BCUT2D eigenvalue weighted by atomic mass is 10.0. The number of aryl methyl sites for hydroxylation is 2. The normalized spacial score (nSPS) is 10.6. The summed E-state index contributed by atoms with van der Waals surface area (Å²) in [4.78, 5) is 0. The van der Waals surface area contributed by atoms with Crippen molar-refractivity contribution < 1.29 is 9.13 Å². The second-order valence-electron chi connectivity index (χ2n) is 3.87. The number of benzene rings is 1. The van der Waals surface area contributed by atoms with Crippen molar-refractivity contribution in [2.45, 2.75) is 6.92 Å². The minimum Gasteiger partial charge on any atom is -0.496 e. The maximum atomic E-state index is 13.4. The summed E-state index contributed by atoms with van der Waals surface area (Å²) in [5.74, 6) is 0.779. The van der Waals surface area contributed by atoms with E-state index < -0.39 is 0 Å². The van der Waals surface area contributed by atoms with Crippen LogP contribution in [0.2, 0.25) is 0 Å². The van der Waals surface area contributed by atoms with Gasteiger partial charge in [-0.2, -0.15) is 5.10 Å². The van der Waals surface area contributed by atoms with Crippen LogP contribution in [0.5, 0.6) is 5.75 Å². The monoisotopic (exact) mass is 235 g/mol. The lowest BCUT2D eigenvalue weighted by Gasteiger charge is -2.11. The Morgan fingerprint density at radius 3 is 2.59 bits per heavy atom. The standard InChI is InChI=1S/C12H14FN3O/c1-7-4-8(13)5-9(11(7)17-3)10-6-15-16(2)12(10)14/h4-6H,14H2,1-3H3. The fraction of sp³-hybridized carbons (Fsp3) is 0.250. The van der Waals surface area contributed by atoms with Gasteiger partial charge in [0.05, 0.1) is 13.3 Å². The zero-order chi connectivity index (χ0) is 12.6. The van der Waals surface area contributed by atoms with Gasteiger partial charge in [-0.1, -0.05) is 0 Å². The van der Waals surface area contributed by atoms with Gasteiger partial charge in [0.25, 0.3) is 0 Å². The quantitative estimate of drug-likeness (QED) is 0.867. The predicted octanol–water partition coefficient (Wildman–Crippen LogP) is 2.13. The Balaban J connectivity index is 2.70. The van der Waals surface area contributed by atoms with Crippen LogP contribution in [0, 0.1) is 12.7 Å². The van der Waals surface area contributed by atoms with Crippen molar-refractivity contribution in [3.8, 4) is 16.9 Å². The number of ether oxygens (including phenoxy) is 1. The molecule has 17 heavy (non-hydrogen) atoms. The van der Waals surface area contributed by atoms with Crippen molar-refractivity contribution in [2.24, 2.45) is 7.05 Å². The molecule has 1 aromatic heterocycles. The van der Waals surface area contributed by atoms with Crippen LogP contribution in [-0.4, -0.2) is 16.9 Å². The molecule has 0 atom stereocenters. The summed E-state index contributed by atoms with van der Waals surface area (Å²) in [5, 5.41) is 4.04. The summed E-state index contributed by atoms with van der Waals surface area (Å²) in [6, 6.07) is 2.83. The van der Waals surface area contributed by atoms with Crippen LogP contribution in [0.1, 0.15) is 5.56 Å². The molecule has 0 unspecified atom stereocenters. The zero-order valence-electron chi connectivity index (χ0n) is 9.99. The number of hydrogen-bond acceptors (Lipinski definition) is 3. The Hall–Kier alpha value is -2.04. The highest BCUT2D eigenvalue weighted by molar-refractivity contribution is 5.79. The van der Waals surface area contributed by atoms with Gasteiger partial charge in [0.1, 0.15) is 17.4 Å². The number of nitrogens with zero attached hydrogens (tertiary/aromatic N) is 2. The summed E-state index contributed by atoms with van der Waals surface area (Å²) in [6.07, 6.45) is 1.60. The highest BCUT2D eigenvalue weighted by atomic mass is 19.1. The number of anilines is 1. The lowest BCUT2D eigenvalue weighted by Crippen LogP contribution is -1.99. The van der Waals surface area contributed by atoms with Gasteiger partial charge in [0.15, 0.2) is 0 Å². The van der Waals surface area contributed by atoms with Crippen molar-refractivity contribution in [3.63, 3.8) is 0 Å². The highest BCUT2D eigenvalue weighted by Gasteiger charge is 2.15. The Labute approximate surface area is 98.8 Å². The van der Waals surface area contributed by atoms with Gasteiger partial charge >= 0.3 is 0 Å². The molecule has 4 nitrogen and oxygen atoms in total. The van der Waals surface area contributed by atoms with E-state index in [-0.39, 0.29) is 5.82 Å². The maximum Gasteiger partial charge on any atom is 0.129 e. The van der Waals surface area contributed by atoms with Crippen LogP contribution in [0.4, 0.5) is 10.2 Å². The summed E-state index contributed by atoms with van der Waals surface area (Å²) < 4.78 is 20.3. The maximum absolute atomic E-state index is 13.4. The topological polar surface area (TPSA) is 53.1 Å². The van der Waals surface area contributed by atoms with Gasteiger partial charge < -0.3 is 10.5 Å². The van der Waals surface area contributed by atoms with Gasteiger partial charge in [0.2, 0.25) is 0 Å². The Kier molecular flexibility index (Phi) is 2.75. The third-order valence-electron chi connectivity index (χ3n) is 2.72. The molecule has 2 rings (SSSR count). The average molecular weight is 235 g/mol. The fourth-order valence-electron chi connectivity index (χ4n) is 1.86. The first-order valence-corrected chi connectivity index (χ1v) is 5.16. The number of nitrogen functional groups attached to an aromatic ring is 1. The third kappa shape index (κ3) is 1.84. The van der Waals surface area contributed by atoms with Gasteiger partial charge in [0, 0.05) is 18.2 Å². The van der Waals surface area contributed by atoms with Crippen LogP contribution in [0.3, 0.4) is 0 Å². The lowest BCUT2D eigenvalue weighted by molar-refractivity contribution is 0.412. The Morgan fingerprint density at radius 1 is 1.35 bits per heavy atom. The summed E-state index contributed by atoms with van der Waals surface area (Å²) in [5.41, 5.74) is 7.90. The molecule has 0 bridgehead atoms. The minimum absolute atomic E-state index is 0.318. The number of methoxy groups -OCH3 is 1. The van der Waals surface area contributed by atoms with E-state index in [0.717, 1.165) is 5.56 Å². The van der Waals surface area contributed by atoms with Gasteiger partial charge in [-0.25, -0.2) is 4.39 Å². The summed E-state index contributed by atoms with van der Waals surface area (Å²) in [7, 11) is 3.29. The summed E-state index contributed by atoms with van der Waals surface area (Å²) >= 11 is 0. The van der Waals surface area contributed by atoms with Crippen LogP contribution < -0.4 is 10.5 Å². The van der Waals surface area contributed by atoms with Crippen LogP contribution in [0.15, 0.2) is 18.3 Å². The van der Waals surface area contributed by atoms with Gasteiger partial charge in [-0.3, -0.25) is 4.68 Å². The first-order chi connectivity index (χ1) is 8.04. The third-order valence-corrected chi connectivity index (χ3v) is 2.72. The molecule has 0 saturated heterocycles. The van der Waals surface area contributed by atoms with E-state index in [0.29, 0.717) is 22.7 Å². The SMILES string of the molecule is COc1c(C)cc(F)cc1-c1cnn(C)c1N. The van der Waals surface area contributed by atoms with Crippen molar-refractivity contribution >= 4 is 5.82 Å². The molecule has 5 heteroatoms. The molecule has 0 saturated carbocycles. The molecule has 2 N–H and O–H groups in total. The van der Waals surface area contributed by atoms with Crippen LogP contribution in [-0.2, 0) is 7.05 Å². The fourth-order valence-corrected chi connectivity index (χ4v) is 1.86. The minimum atomic E-state index is -0.318. The number of nitrogens with two attached hydrogens (primary N) is 1. The smallest absolute Gasteiger partial charge is 0.129 e. The number of hydrogen-bond donors (Lipinski definition) is 1. The molecule has 0 fully saturated rings. The van der Waals surface area contributed by atoms with Crippen molar-refractivity contribution in [1.29, 1.82) is 0 Å². The van der Waals surface area contributed by atoms with E-state index in [9.17, 15) is 4.39 Å². The zero-order valence-corrected chi connectivity index (χ0v) is 9.99. The van der Waals surface area contributed by atoms with Crippen LogP contribution in [0.25, 0.3) is 11.1 Å². The molecule has 0 spiro atoms. The van der Waals surface area contributed by atoms with Gasteiger partial charge in [-0.05, 0) is 24.6 Å². The van der Waals surface area contributed by atoms with Crippen molar-refractivity contribution in [1.82, 2.24) is 9.78 Å². The second-order valence-corrected chi connectivity index (χ2v) is 3.87. The van der Waals surface area contributed by atoms with E-state index in [1.165, 1.54) is 16.8 Å². The van der Waals surface area contributed by atoms with E-state index in [2.05, 4.69) is 5.10 Å². The molecule has 1 heterocycles. The van der Waals surface area contributed by atoms with E-state index in [1.807, 2.05) is 0 Å². The summed E-state index contributed by atoms with van der Waals surface area (Å²) in [6.45, 7) is 1.79. The predicted molar refractivity (Wildman–Crippen MR) is 64.3 cm³/mol. The molecule has 0 amide bonds. The number of rotatable bonds is 2. The molecule has 90 valence electrons. The van der Waals surface area contributed by atoms with Crippen LogP contribution >= 0.6 is 0 Å². The molecule has 1 aromatic carbocycles. The molecular formula is C12H14FN3O. The van der Waals surface area contributed by atoms with Gasteiger partial charge in [-0.15, -0.1) is 0 Å². The molecule has 0 radical (unpaired) electrons. The average Bonchev–Trinajstić information content (AvgIpc) is 2.59. The van der Waals surface area contributed by atoms with Crippen molar-refractivity contribution in [2.75, 3.05) is 12.8 Å². The molecule has 0 aliphatic rings. The first kappa shape index (κ1) is 11.4. The molecular weight excluding hydrogens is 221 g/mol. The van der Waals surface area contributed by atoms with E-state index in [4.69, 9.17) is 10.5 Å². The second kappa shape index (κ2) is 4.08. The largest absolute Gasteiger partial charge is 0.496 e. The molecule has 0 aliphatic heterocycles. The van der Waals surface area contributed by atoms with E-state index in [1.54, 1.807) is 27.3 Å². The number of aromatic nitrogens is 2. The number of halogens is 1. The Morgan fingerprint density at radius 2 is 2.06 bits per heavy atom. The first-order valence-electron chi connectivity index (χ1n) is 5.16. The Bertz CT molecular complexity index is 563. The molecule has 2 aromatic rings. The van der Waals surface area contributed by atoms with Crippen molar-refractivity contribution in [3.05, 3.63) is 29.7 Å². The highest BCUT2D eigenvalue weighted by Crippen LogP contribution is 2.36. The molecule has 0 aliphatic carbocycles. The van der Waals surface area contributed by atoms with E-state index >= 15 is 0 Å².